The Labute approximate surface area is 112 Å². The van der Waals surface area contributed by atoms with Crippen LogP contribution >= 0.6 is 0 Å². The molecule has 0 saturated heterocycles. The summed E-state index contributed by atoms with van der Waals surface area (Å²) in [6.07, 6.45) is 6.50. The van der Waals surface area contributed by atoms with Crippen LogP contribution in [0.5, 0.6) is 5.75 Å². The minimum absolute atomic E-state index is 0.355. The van der Waals surface area contributed by atoms with Gasteiger partial charge in [0.1, 0.15) is 5.75 Å². The number of aromatic hydroxyl groups is 1. The van der Waals surface area contributed by atoms with Gasteiger partial charge in [0, 0.05) is 6.54 Å². The molecule has 0 fully saturated rings. The van der Waals surface area contributed by atoms with Crippen molar-refractivity contribution in [3.05, 3.63) is 29.8 Å². The number of benzene rings is 1. The summed E-state index contributed by atoms with van der Waals surface area (Å²) >= 11 is 0. The van der Waals surface area contributed by atoms with Crippen LogP contribution < -0.4 is 0 Å². The van der Waals surface area contributed by atoms with Gasteiger partial charge in [0.15, 0.2) is 0 Å². The third kappa shape index (κ3) is 5.54. The summed E-state index contributed by atoms with van der Waals surface area (Å²) in [4.78, 5) is 2.25. The Kier molecular flexibility index (Phi) is 6.81. The van der Waals surface area contributed by atoms with Crippen LogP contribution in [0.1, 0.15) is 50.5 Å². The van der Waals surface area contributed by atoms with Crippen LogP contribution in [0.15, 0.2) is 24.3 Å². The molecule has 2 heteroatoms. The van der Waals surface area contributed by atoms with Crippen LogP contribution in [0, 0.1) is 0 Å². The zero-order valence-corrected chi connectivity index (χ0v) is 12.0. The Bertz CT molecular complexity index is 318. The largest absolute Gasteiger partial charge is 0.508 e. The highest BCUT2D eigenvalue weighted by Crippen LogP contribution is 2.25. The fourth-order valence-corrected chi connectivity index (χ4v) is 2.37. The van der Waals surface area contributed by atoms with Crippen molar-refractivity contribution in [3.63, 3.8) is 0 Å². The molecule has 18 heavy (non-hydrogen) atoms. The van der Waals surface area contributed by atoms with E-state index < -0.39 is 0 Å². The number of phenols is 1. The van der Waals surface area contributed by atoms with Crippen molar-refractivity contribution in [1.82, 2.24) is 4.90 Å². The molecule has 0 aromatic heterocycles. The average molecular weight is 249 g/mol. The van der Waals surface area contributed by atoms with Crippen LogP contribution in [0.2, 0.25) is 0 Å². The lowest BCUT2D eigenvalue weighted by molar-refractivity contribution is 0.357. The van der Waals surface area contributed by atoms with Crippen molar-refractivity contribution < 1.29 is 5.11 Å². The van der Waals surface area contributed by atoms with Gasteiger partial charge in [-0.05, 0) is 44.1 Å². The molecule has 102 valence electrons. The third-order valence-electron chi connectivity index (χ3n) is 3.36. The Morgan fingerprint density at radius 1 is 1.06 bits per heavy atom. The van der Waals surface area contributed by atoms with Gasteiger partial charge in [-0.1, -0.05) is 44.7 Å². The van der Waals surface area contributed by atoms with E-state index in [4.69, 9.17) is 0 Å². The minimum atomic E-state index is 0.355. The molecule has 2 nitrogen and oxygen atoms in total. The number of unbranched alkanes of at least 4 members (excludes halogenated alkanes) is 3. The minimum Gasteiger partial charge on any atom is -0.508 e. The van der Waals surface area contributed by atoms with Crippen molar-refractivity contribution in [1.29, 1.82) is 0 Å². The molecule has 0 radical (unpaired) electrons. The molecule has 0 spiro atoms. The van der Waals surface area contributed by atoms with E-state index in [-0.39, 0.29) is 0 Å². The van der Waals surface area contributed by atoms with Crippen LogP contribution in [-0.4, -0.2) is 30.6 Å². The molecule has 1 aromatic rings. The Balaban J connectivity index is 2.57. The van der Waals surface area contributed by atoms with Crippen LogP contribution in [-0.2, 0) is 0 Å². The van der Waals surface area contributed by atoms with Crippen LogP contribution in [0.25, 0.3) is 0 Å². The maximum absolute atomic E-state index is 9.36. The lowest BCUT2D eigenvalue weighted by atomic mass is 9.92. The standard InChI is InChI=1S/C16H27NO/c1-4-5-6-7-8-15(13-17(2)3)14-9-11-16(18)12-10-14/h9-12,15,18H,4-8,13H2,1-3H3. The molecule has 1 atom stereocenters. The normalized spacial score (nSPS) is 12.9. The summed E-state index contributed by atoms with van der Waals surface area (Å²) in [7, 11) is 4.25. The third-order valence-corrected chi connectivity index (χ3v) is 3.36. The zero-order valence-electron chi connectivity index (χ0n) is 12.0. The molecule has 1 rings (SSSR count). The second kappa shape index (κ2) is 8.15. The predicted molar refractivity (Wildman–Crippen MR) is 78.2 cm³/mol. The molecule has 0 aliphatic rings. The molecule has 0 amide bonds. The van der Waals surface area contributed by atoms with Gasteiger partial charge in [0.25, 0.3) is 0 Å². The second-order valence-electron chi connectivity index (χ2n) is 5.40. The molecule has 0 bridgehead atoms. The molecule has 1 aromatic carbocycles. The highest BCUT2D eigenvalue weighted by atomic mass is 16.3. The monoisotopic (exact) mass is 249 g/mol. The molecular weight excluding hydrogens is 222 g/mol. The van der Waals surface area contributed by atoms with Gasteiger partial charge in [-0.15, -0.1) is 0 Å². The number of rotatable bonds is 8. The van der Waals surface area contributed by atoms with E-state index in [1.54, 1.807) is 12.1 Å². The lowest BCUT2D eigenvalue weighted by Gasteiger charge is -2.21. The van der Waals surface area contributed by atoms with Crippen molar-refractivity contribution in [2.75, 3.05) is 20.6 Å². The van der Waals surface area contributed by atoms with E-state index >= 15 is 0 Å². The fraction of sp³-hybridized carbons (Fsp3) is 0.625. The van der Waals surface area contributed by atoms with Gasteiger partial charge in [0.2, 0.25) is 0 Å². The van der Waals surface area contributed by atoms with Gasteiger partial charge in [-0.2, -0.15) is 0 Å². The van der Waals surface area contributed by atoms with Crippen molar-refractivity contribution in [3.8, 4) is 5.75 Å². The number of nitrogens with zero attached hydrogens (tertiary/aromatic N) is 1. The summed E-state index contributed by atoms with van der Waals surface area (Å²) in [5.74, 6) is 0.936. The predicted octanol–water partition coefficient (Wildman–Crippen LogP) is 4.01. The zero-order chi connectivity index (χ0) is 13.4. The second-order valence-corrected chi connectivity index (χ2v) is 5.40. The van der Waals surface area contributed by atoms with Gasteiger partial charge in [0.05, 0.1) is 0 Å². The SMILES string of the molecule is CCCCCCC(CN(C)C)c1ccc(O)cc1. The summed E-state index contributed by atoms with van der Waals surface area (Å²) in [5, 5.41) is 9.36. The molecule has 0 heterocycles. The van der Waals surface area contributed by atoms with Gasteiger partial charge < -0.3 is 10.0 Å². The van der Waals surface area contributed by atoms with Crippen LogP contribution in [0.4, 0.5) is 0 Å². The van der Waals surface area contributed by atoms with Gasteiger partial charge in [-0.3, -0.25) is 0 Å². The first-order valence-electron chi connectivity index (χ1n) is 7.07. The highest BCUT2D eigenvalue weighted by molar-refractivity contribution is 5.28. The maximum Gasteiger partial charge on any atom is 0.115 e. The smallest absolute Gasteiger partial charge is 0.115 e. The number of likely N-dealkylation sites (N-methyl/N-ethyl adjacent to an activating group) is 1. The summed E-state index contributed by atoms with van der Waals surface area (Å²) in [5.41, 5.74) is 1.35. The Hall–Kier alpha value is -1.02. The van der Waals surface area contributed by atoms with E-state index in [0.717, 1.165) is 6.54 Å². The summed E-state index contributed by atoms with van der Waals surface area (Å²) in [6.45, 7) is 3.33. The molecule has 1 unspecified atom stereocenters. The van der Waals surface area contributed by atoms with E-state index in [9.17, 15) is 5.11 Å². The Morgan fingerprint density at radius 3 is 2.28 bits per heavy atom. The summed E-state index contributed by atoms with van der Waals surface area (Å²) in [6, 6.07) is 7.71. The molecular formula is C16H27NO. The first-order valence-corrected chi connectivity index (χ1v) is 7.07. The van der Waals surface area contributed by atoms with Gasteiger partial charge in [-0.25, -0.2) is 0 Å². The fourth-order valence-electron chi connectivity index (χ4n) is 2.37. The quantitative estimate of drug-likeness (QED) is 0.704. The van der Waals surface area contributed by atoms with E-state index in [0.29, 0.717) is 11.7 Å². The van der Waals surface area contributed by atoms with Crippen LogP contribution in [0.3, 0.4) is 0 Å². The van der Waals surface area contributed by atoms with Crippen molar-refractivity contribution >= 4 is 0 Å². The van der Waals surface area contributed by atoms with Crippen molar-refractivity contribution in [2.24, 2.45) is 0 Å². The van der Waals surface area contributed by atoms with Gasteiger partial charge >= 0.3 is 0 Å². The first-order chi connectivity index (χ1) is 8.63. The molecule has 0 aliphatic carbocycles. The van der Waals surface area contributed by atoms with E-state index in [1.165, 1.54) is 37.7 Å². The molecule has 1 N–H and O–H groups in total. The molecule has 0 aliphatic heterocycles. The van der Waals surface area contributed by atoms with E-state index in [2.05, 4.69) is 38.1 Å². The highest BCUT2D eigenvalue weighted by Gasteiger charge is 2.12. The lowest BCUT2D eigenvalue weighted by Crippen LogP contribution is -2.20. The number of phenolic OH excluding ortho intramolecular Hbond substituents is 1. The Morgan fingerprint density at radius 2 is 1.72 bits per heavy atom. The summed E-state index contributed by atoms with van der Waals surface area (Å²) < 4.78 is 0. The van der Waals surface area contributed by atoms with Crippen molar-refractivity contribution in [2.45, 2.75) is 44.9 Å². The topological polar surface area (TPSA) is 23.5 Å². The number of hydrogen-bond donors (Lipinski definition) is 1. The first kappa shape index (κ1) is 15.0. The maximum atomic E-state index is 9.36. The number of hydrogen-bond acceptors (Lipinski definition) is 2. The molecule has 0 saturated carbocycles. The van der Waals surface area contributed by atoms with E-state index in [1.807, 2.05) is 0 Å². The average Bonchev–Trinajstić information content (AvgIpc) is 2.34.